The first-order valence-corrected chi connectivity index (χ1v) is 6.20. The Morgan fingerprint density at radius 2 is 1.89 bits per heavy atom. The minimum atomic E-state index is -1.51. The van der Waals surface area contributed by atoms with Gasteiger partial charge < -0.3 is 10.0 Å². The summed E-state index contributed by atoms with van der Waals surface area (Å²) in [5.74, 6) is -0.0602. The van der Waals surface area contributed by atoms with Crippen LogP contribution in [0.4, 0.5) is 4.39 Å². The van der Waals surface area contributed by atoms with Crippen molar-refractivity contribution in [3.8, 4) is 0 Å². The number of nitrogens with zero attached hydrogens (tertiary/aromatic N) is 1. The Hall–Kier alpha value is -1.42. The second-order valence-electron chi connectivity index (χ2n) is 4.97. The van der Waals surface area contributed by atoms with Gasteiger partial charge in [0.2, 0.25) is 0 Å². The molecular formula is C14H18FNO2. The summed E-state index contributed by atoms with van der Waals surface area (Å²) in [4.78, 5) is 13.8. The highest BCUT2D eigenvalue weighted by atomic mass is 19.1. The van der Waals surface area contributed by atoms with Gasteiger partial charge in [-0.05, 0) is 19.1 Å². The number of benzene rings is 1. The van der Waals surface area contributed by atoms with Crippen molar-refractivity contribution in [1.29, 1.82) is 0 Å². The van der Waals surface area contributed by atoms with Crippen LogP contribution in [0.25, 0.3) is 0 Å². The number of carbonyl (C=O) groups excluding carboxylic acids is 1. The first-order valence-electron chi connectivity index (χ1n) is 6.20. The van der Waals surface area contributed by atoms with Crippen molar-refractivity contribution in [3.05, 3.63) is 35.4 Å². The number of alkyl halides is 1. The molecule has 18 heavy (non-hydrogen) atoms. The first-order chi connectivity index (χ1) is 8.54. The third-order valence-electron chi connectivity index (χ3n) is 3.53. The van der Waals surface area contributed by atoms with E-state index in [1.807, 2.05) is 19.1 Å². The van der Waals surface area contributed by atoms with Gasteiger partial charge in [-0.3, -0.25) is 4.79 Å². The summed E-state index contributed by atoms with van der Waals surface area (Å²) in [7, 11) is 0. The first kappa shape index (κ1) is 13.0. The summed E-state index contributed by atoms with van der Waals surface area (Å²) in [6, 6.07) is 7.37. The standard InChI is InChI=1S/C14H18FNO2/c1-11-2-4-12(5-3-11)13(18)16-8-6-14(15,10-17)7-9-16/h2-5,17H,6-10H2,1H3. The molecule has 0 bridgehead atoms. The predicted octanol–water partition coefficient (Wildman–Crippen LogP) is 1.93. The third-order valence-corrected chi connectivity index (χ3v) is 3.53. The molecule has 1 saturated heterocycles. The molecule has 1 aromatic carbocycles. The van der Waals surface area contributed by atoms with E-state index in [9.17, 15) is 9.18 Å². The molecule has 0 saturated carbocycles. The molecule has 0 unspecified atom stereocenters. The number of aliphatic hydroxyl groups excluding tert-OH is 1. The molecule has 2 rings (SSSR count). The van der Waals surface area contributed by atoms with Crippen molar-refractivity contribution < 1.29 is 14.3 Å². The predicted molar refractivity (Wildman–Crippen MR) is 67.2 cm³/mol. The van der Waals surface area contributed by atoms with Crippen LogP contribution in [-0.4, -0.2) is 41.3 Å². The minimum Gasteiger partial charge on any atom is -0.393 e. The molecular weight excluding hydrogens is 233 g/mol. The summed E-state index contributed by atoms with van der Waals surface area (Å²) in [5.41, 5.74) is 0.230. The maximum atomic E-state index is 13.8. The number of carbonyl (C=O) groups is 1. The van der Waals surface area contributed by atoms with Gasteiger partial charge in [-0.15, -0.1) is 0 Å². The van der Waals surface area contributed by atoms with Crippen LogP contribution >= 0.6 is 0 Å². The van der Waals surface area contributed by atoms with Crippen LogP contribution in [-0.2, 0) is 0 Å². The van der Waals surface area contributed by atoms with Crippen molar-refractivity contribution in [2.45, 2.75) is 25.4 Å². The highest BCUT2D eigenvalue weighted by molar-refractivity contribution is 5.94. The molecule has 1 aromatic rings. The molecule has 1 amide bonds. The average Bonchev–Trinajstić information content (AvgIpc) is 2.40. The van der Waals surface area contributed by atoms with E-state index in [4.69, 9.17) is 5.11 Å². The lowest BCUT2D eigenvalue weighted by molar-refractivity contribution is 0.00992. The Balaban J connectivity index is 2.01. The molecule has 1 aliphatic rings. The largest absolute Gasteiger partial charge is 0.393 e. The lowest BCUT2D eigenvalue weighted by atomic mass is 9.94. The highest BCUT2D eigenvalue weighted by Gasteiger charge is 2.35. The topological polar surface area (TPSA) is 40.5 Å². The summed E-state index contributed by atoms with van der Waals surface area (Å²) in [6.45, 7) is 2.24. The fourth-order valence-corrected chi connectivity index (χ4v) is 2.15. The fourth-order valence-electron chi connectivity index (χ4n) is 2.15. The Morgan fingerprint density at radius 3 is 2.39 bits per heavy atom. The number of aryl methyl sites for hydroxylation is 1. The van der Waals surface area contributed by atoms with Crippen LogP contribution in [0.1, 0.15) is 28.8 Å². The van der Waals surface area contributed by atoms with Crippen LogP contribution in [0.15, 0.2) is 24.3 Å². The Kier molecular flexibility index (Phi) is 3.66. The molecule has 1 aliphatic heterocycles. The third kappa shape index (κ3) is 2.70. The number of hydrogen-bond acceptors (Lipinski definition) is 2. The van der Waals surface area contributed by atoms with Gasteiger partial charge in [-0.25, -0.2) is 4.39 Å². The molecule has 0 spiro atoms. The van der Waals surface area contributed by atoms with E-state index in [-0.39, 0.29) is 18.7 Å². The zero-order chi connectivity index (χ0) is 13.2. The van der Waals surface area contributed by atoms with Gasteiger partial charge in [0.1, 0.15) is 5.67 Å². The minimum absolute atomic E-state index is 0.0602. The summed E-state index contributed by atoms with van der Waals surface area (Å²) in [5, 5.41) is 8.94. The zero-order valence-electron chi connectivity index (χ0n) is 10.5. The Labute approximate surface area is 106 Å². The molecule has 0 radical (unpaired) electrons. The van der Waals surface area contributed by atoms with Gasteiger partial charge in [0, 0.05) is 31.5 Å². The van der Waals surface area contributed by atoms with E-state index < -0.39 is 12.3 Å². The zero-order valence-corrected chi connectivity index (χ0v) is 10.5. The van der Waals surface area contributed by atoms with E-state index in [0.717, 1.165) is 5.56 Å². The molecule has 3 nitrogen and oxygen atoms in total. The Morgan fingerprint density at radius 1 is 1.33 bits per heavy atom. The lowest BCUT2D eigenvalue weighted by Crippen LogP contribution is -2.46. The second kappa shape index (κ2) is 5.06. The van der Waals surface area contributed by atoms with E-state index in [0.29, 0.717) is 18.7 Å². The fraction of sp³-hybridized carbons (Fsp3) is 0.500. The SMILES string of the molecule is Cc1ccc(C(=O)N2CCC(F)(CO)CC2)cc1. The van der Waals surface area contributed by atoms with Crippen LogP contribution < -0.4 is 0 Å². The van der Waals surface area contributed by atoms with Crippen molar-refractivity contribution in [1.82, 2.24) is 4.90 Å². The lowest BCUT2D eigenvalue weighted by Gasteiger charge is -2.35. The van der Waals surface area contributed by atoms with Gasteiger partial charge in [-0.2, -0.15) is 0 Å². The molecule has 1 fully saturated rings. The number of aliphatic hydroxyl groups is 1. The molecule has 1 N–H and O–H groups in total. The number of rotatable bonds is 2. The molecule has 1 heterocycles. The maximum absolute atomic E-state index is 13.8. The quantitative estimate of drug-likeness (QED) is 0.872. The normalized spacial score (nSPS) is 18.7. The number of hydrogen-bond donors (Lipinski definition) is 1. The monoisotopic (exact) mass is 251 g/mol. The molecule has 4 heteroatoms. The van der Waals surface area contributed by atoms with Crippen molar-refractivity contribution in [2.75, 3.05) is 19.7 Å². The van der Waals surface area contributed by atoms with Crippen LogP contribution in [0, 0.1) is 6.92 Å². The van der Waals surface area contributed by atoms with Crippen LogP contribution in [0.5, 0.6) is 0 Å². The van der Waals surface area contributed by atoms with E-state index >= 15 is 0 Å². The van der Waals surface area contributed by atoms with Gasteiger partial charge in [0.05, 0.1) is 6.61 Å². The van der Waals surface area contributed by atoms with Crippen LogP contribution in [0.2, 0.25) is 0 Å². The molecule has 0 atom stereocenters. The van der Waals surface area contributed by atoms with Gasteiger partial charge in [0.25, 0.3) is 5.91 Å². The summed E-state index contributed by atoms with van der Waals surface area (Å²) < 4.78 is 13.8. The van der Waals surface area contributed by atoms with Crippen LogP contribution in [0.3, 0.4) is 0 Å². The summed E-state index contributed by atoms with van der Waals surface area (Å²) in [6.07, 6.45) is 0.419. The number of halogens is 1. The second-order valence-corrected chi connectivity index (χ2v) is 4.97. The number of amides is 1. The van der Waals surface area contributed by atoms with Crippen molar-refractivity contribution in [2.24, 2.45) is 0 Å². The number of piperidine rings is 1. The molecule has 0 aromatic heterocycles. The average molecular weight is 251 g/mol. The van der Waals surface area contributed by atoms with Gasteiger partial charge in [0.15, 0.2) is 0 Å². The molecule has 0 aliphatic carbocycles. The summed E-state index contributed by atoms with van der Waals surface area (Å²) >= 11 is 0. The van der Waals surface area contributed by atoms with E-state index in [1.165, 1.54) is 0 Å². The van der Waals surface area contributed by atoms with Crippen molar-refractivity contribution >= 4 is 5.91 Å². The smallest absolute Gasteiger partial charge is 0.253 e. The van der Waals surface area contributed by atoms with Crippen molar-refractivity contribution in [3.63, 3.8) is 0 Å². The maximum Gasteiger partial charge on any atom is 0.253 e. The molecule has 98 valence electrons. The highest BCUT2D eigenvalue weighted by Crippen LogP contribution is 2.26. The van der Waals surface area contributed by atoms with E-state index in [2.05, 4.69) is 0 Å². The van der Waals surface area contributed by atoms with Gasteiger partial charge in [-0.1, -0.05) is 17.7 Å². The Bertz CT molecular complexity index is 422. The number of likely N-dealkylation sites (tertiary alicyclic amines) is 1. The van der Waals surface area contributed by atoms with E-state index in [1.54, 1.807) is 17.0 Å². The van der Waals surface area contributed by atoms with Gasteiger partial charge >= 0.3 is 0 Å².